The lowest BCUT2D eigenvalue weighted by molar-refractivity contribution is -0.132. The summed E-state index contributed by atoms with van der Waals surface area (Å²) in [6.07, 6.45) is 3.84. The van der Waals surface area contributed by atoms with Gasteiger partial charge in [0.25, 0.3) is 0 Å². The molecule has 0 unspecified atom stereocenters. The van der Waals surface area contributed by atoms with Crippen LogP contribution < -0.4 is 5.32 Å². The van der Waals surface area contributed by atoms with Crippen molar-refractivity contribution in [1.29, 1.82) is 0 Å². The zero-order chi connectivity index (χ0) is 13.5. The molecule has 0 radical (unpaired) electrons. The fraction of sp³-hybridized carbons (Fsp3) is 0.929. The summed E-state index contributed by atoms with van der Waals surface area (Å²) in [5.41, 5.74) is 0. The van der Waals surface area contributed by atoms with Crippen LogP contribution in [0.2, 0.25) is 0 Å². The number of likely N-dealkylation sites (tertiary alicyclic amines) is 1. The zero-order valence-electron chi connectivity index (χ0n) is 12.4. The number of rotatable bonds is 6. The highest BCUT2D eigenvalue weighted by Gasteiger charge is 2.23. The second-order valence-electron chi connectivity index (χ2n) is 5.75. The molecule has 1 N–H and O–H groups in total. The Morgan fingerprint density at radius 1 is 1.39 bits per heavy atom. The van der Waals surface area contributed by atoms with E-state index in [0.717, 1.165) is 38.9 Å². The van der Waals surface area contributed by atoms with Crippen LogP contribution in [0.5, 0.6) is 0 Å². The number of piperidine rings is 1. The van der Waals surface area contributed by atoms with Crippen molar-refractivity contribution in [3.63, 3.8) is 0 Å². The molecule has 0 aromatic carbocycles. The molecule has 1 saturated heterocycles. The fourth-order valence-electron chi connectivity index (χ4n) is 2.39. The summed E-state index contributed by atoms with van der Waals surface area (Å²) in [5, 5.41) is 3.35. The normalized spacial score (nSPS) is 18.3. The highest BCUT2D eigenvalue weighted by molar-refractivity contribution is 5.76. The van der Waals surface area contributed by atoms with Gasteiger partial charge in [-0.15, -0.1) is 0 Å². The minimum absolute atomic E-state index is 0.301. The first-order valence-electron chi connectivity index (χ1n) is 7.18. The van der Waals surface area contributed by atoms with Gasteiger partial charge in [0.15, 0.2) is 0 Å². The lowest BCUT2D eigenvalue weighted by Crippen LogP contribution is -2.44. The number of hydrogen-bond acceptors (Lipinski definition) is 3. The van der Waals surface area contributed by atoms with Crippen LogP contribution in [0, 0.1) is 0 Å². The SMILES string of the molecule is CC(C)NCCCC(=O)N(C)C1CCN(C)CC1. The van der Waals surface area contributed by atoms with Crippen molar-refractivity contribution in [1.82, 2.24) is 15.1 Å². The maximum absolute atomic E-state index is 12.1. The summed E-state index contributed by atoms with van der Waals surface area (Å²) in [5.74, 6) is 0.301. The Balaban J connectivity index is 2.20. The predicted octanol–water partition coefficient (Wildman–Crippen LogP) is 1.32. The van der Waals surface area contributed by atoms with Crippen LogP contribution in [0.1, 0.15) is 39.5 Å². The van der Waals surface area contributed by atoms with Gasteiger partial charge in [-0.1, -0.05) is 13.8 Å². The van der Waals surface area contributed by atoms with E-state index in [2.05, 4.69) is 31.1 Å². The van der Waals surface area contributed by atoms with E-state index in [1.165, 1.54) is 0 Å². The third-order valence-electron chi connectivity index (χ3n) is 3.75. The third kappa shape index (κ3) is 5.36. The summed E-state index contributed by atoms with van der Waals surface area (Å²) in [7, 11) is 4.11. The van der Waals surface area contributed by atoms with Crippen molar-refractivity contribution in [3.8, 4) is 0 Å². The number of nitrogens with one attached hydrogen (secondary N) is 1. The molecule has 0 aromatic heterocycles. The minimum atomic E-state index is 0.301. The number of amides is 1. The minimum Gasteiger partial charge on any atom is -0.343 e. The van der Waals surface area contributed by atoms with Crippen LogP contribution in [0.3, 0.4) is 0 Å². The largest absolute Gasteiger partial charge is 0.343 e. The fourth-order valence-corrected chi connectivity index (χ4v) is 2.39. The van der Waals surface area contributed by atoms with Crippen molar-refractivity contribution in [2.75, 3.05) is 33.7 Å². The summed E-state index contributed by atoms with van der Waals surface area (Å²) >= 11 is 0. The van der Waals surface area contributed by atoms with Gasteiger partial charge >= 0.3 is 0 Å². The molecule has 1 rings (SSSR count). The Morgan fingerprint density at radius 3 is 2.56 bits per heavy atom. The average molecular weight is 255 g/mol. The summed E-state index contributed by atoms with van der Waals surface area (Å²) in [4.78, 5) is 16.4. The second-order valence-corrected chi connectivity index (χ2v) is 5.75. The van der Waals surface area contributed by atoms with E-state index >= 15 is 0 Å². The van der Waals surface area contributed by atoms with Gasteiger partial charge in [0.2, 0.25) is 5.91 Å². The van der Waals surface area contributed by atoms with Gasteiger partial charge in [0.05, 0.1) is 0 Å². The molecule has 106 valence electrons. The van der Waals surface area contributed by atoms with Crippen LogP contribution in [0.15, 0.2) is 0 Å². The average Bonchev–Trinajstić information content (AvgIpc) is 2.34. The van der Waals surface area contributed by atoms with Crippen molar-refractivity contribution in [2.24, 2.45) is 0 Å². The zero-order valence-corrected chi connectivity index (χ0v) is 12.4. The van der Waals surface area contributed by atoms with E-state index < -0.39 is 0 Å². The van der Waals surface area contributed by atoms with Crippen LogP contribution in [0.25, 0.3) is 0 Å². The molecule has 0 bridgehead atoms. The molecule has 0 atom stereocenters. The Morgan fingerprint density at radius 2 is 2.00 bits per heavy atom. The summed E-state index contributed by atoms with van der Waals surface area (Å²) < 4.78 is 0. The quantitative estimate of drug-likeness (QED) is 0.727. The van der Waals surface area contributed by atoms with Gasteiger partial charge in [0.1, 0.15) is 0 Å². The van der Waals surface area contributed by atoms with E-state index in [4.69, 9.17) is 0 Å². The molecular formula is C14H29N3O. The number of hydrogen-bond donors (Lipinski definition) is 1. The van der Waals surface area contributed by atoms with E-state index in [9.17, 15) is 4.79 Å². The first-order chi connectivity index (χ1) is 8.50. The molecule has 18 heavy (non-hydrogen) atoms. The molecule has 0 aromatic rings. The third-order valence-corrected chi connectivity index (χ3v) is 3.75. The van der Waals surface area contributed by atoms with Gasteiger partial charge in [-0.3, -0.25) is 4.79 Å². The highest BCUT2D eigenvalue weighted by Crippen LogP contribution is 2.15. The molecule has 4 heteroatoms. The maximum Gasteiger partial charge on any atom is 0.222 e. The van der Waals surface area contributed by atoms with Crippen molar-refractivity contribution in [2.45, 2.75) is 51.6 Å². The molecule has 1 aliphatic heterocycles. The van der Waals surface area contributed by atoms with Gasteiger partial charge in [-0.2, -0.15) is 0 Å². The lowest BCUT2D eigenvalue weighted by atomic mass is 10.0. The summed E-state index contributed by atoms with van der Waals surface area (Å²) in [6, 6.07) is 0.957. The Bertz CT molecular complexity index is 247. The van der Waals surface area contributed by atoms with Crippen LogP contribution in [-0.4, -0.2) is 61.5 Å². The first-order valence-corrected chi connectivity index (χ1v) is 7.18. The molecular weight excluding hydrogens is 226 g/mol. The Hall–Kier alpha value is -0.610. The van der Waals surface area contributed by atoms with E-state index in [1.807, 2.05) is 11.9 Å². The van der Waals surface area contributed by atoms with Gasteiger partial charge in [0, 0.05) is 25.6 Å². The van der Waals surface area contributed by atoms with E-state index in [1.54, 1.807) is 0 Å². The monoisotopic (exact) mass is 255 g/mol. The molecule has 1 amide bonds. The second kappa shape index (κ2) is 7.74. The van der Waals surface area contributed by atoms with E-state index in [0.29, 0.717) is 24.4 Å². The Kier molecular flexibility index (Phi) is 6.65. The molecule has 0 aliphatic carbocycles. The summed E-state index contributed by atoms with van der Waals surface area (Å²) in [6.45, 7) is 7.41. The number of carbonyl (C=O) groups is 1. The van der Waals surface area contributed by atoms with Crippen molar-refractivity contribution >= 4 is 5.91 Å². The van der Waals surface area contributed by atoms with Crippen molar-refractivity contribution < 1.29 is 4.79 Å². The molecule has 1 fully saturated rings. The molecule has 0 spiro atoms. The number of nitrogens with zero attached hydrogens (tertiary/aromatic N) is 2. The topological polar surface area (TPSA) is 35.6 Å². The Labute approximate surface area is 112 Å². The highest BCUT2D eigenvalue weighted by atomic mass is 16.2. The van der Waals surface area contributed by atoms with Crippen LogP contribution in [-0.2, 0) is 4.79 Å². The smallest absolute Gasteiger partial charge is 0.222 e. The van der Waals surface area contributed by atoms with Crippen molar-refractivity contribution in [3.05, 3.63) is 0 Å². The first kappa shape index (κ1) is 15.4. The standard InChI is InChI=1S/C14H29N3O/c1-12(2)15-9-5-6-14(18)17(4)13-7-10-16(3)11-8-13/h12-13,15H,5-11H2,1-4H3. The van der Waals surface area contributed by atoms with E-state index in [-0.39, 0.29) is 0 Å². The van der Waals surface area contributed by atoms with Crippen LogP contribution >= 0.6 is 0 Å². The lowest BCUT2D eigenvalue weighted by Gasteiger charge is -2.35. The van der Waals surface area contributed by atoms with Gasteiger partial charge in [-0.05, 0) is 45.9 Å². The number of carbonyl (C=O) groups excluding carboxylic acids is 1. The van der Waals surface area contributed by atoms with Crippen LogP contribution in [0.4, 0.5) is 0 Å². The molecule has 0 saturated carbocycles. The maximum atomic E-state index is 12.1. The molecule has 1 aliphatic rings. The molecule has 1 heterocycles. The van der Waals surface area contributed by atoms with Gasteiger partial charge < -0.3 is 15.1 Å². The molecule has 4 nitrogen and oxygen atoms in total. The predicted molar refractivity (Wildman–Crippen MR) is 75.7 cm³/mol. The van der Waals surface area contributed by atoms with Gasteiger partial charge in [-0.25, -0.2) is 0 Å².